The average molecular weight is 444 g/mol. The second-order valence-electron chi connectivity index (χ2n) is 8.52. The molecule has 0 unspecified atom stereocenters. The lowest BCUT2D eigenvalue weighted by atomic mass is 9.99. The minimum atomic E-state index is -4.36. The van der Waals surface area contributed by atoms with Crippen LogP contribution in [0.15, 0.2) is 42.6 Å². The Kier molecular flexibility index (Phi) is 7.77. The van der Waals surface area contributed by atoms with Crippen molar-refractivity contribution in [2.45, 2.75) is 53.3 Å². The number of pyridine rings is 1. The number of hydrogen-bond acceptors (Lipinski definition) is 3. The van der Waals surface area contributed by atoms with Gasteiger partial charge in [-0.3, -0.25) is 9.88 Å². The van der Waals surface area contributed by atoms with Crippen molar-refractivity contribution < 1.29 is 13.2 Å². The van der Waals surface area contributed by atoms with E-state index in [9.17, 15) is 13.2 Å². The largest absolute Gasteiger partial charge is 0.416 e. The zero-order valence-electron chi connectivity index (χ0n) is 19.3. The summed E-state index contributed by atoms with van der Waals surface area (Å²) in [7, 11) is 0. The number of benzene rings is 2. The zero-order valence-corrected chi connectivity index (χ0v) is 19.3. The van der Waals surface area contributed by atoms with Crippen molar-refractivity contribution in [1.82, 2.24) is 9.88 Å². The summed E-state index contributed by atoms with van der Waals surface area (Å²) >= 11 is 0. The molecule has 3 aromatic rings. The maximum absolute atomic E-state index is 13.0. The van der Waals surface area contributed by atoms with Crippen molar-refractivity contribution >= 4 is 16.6 Å². The molecule has 32 heavy (non-hydrogen) atoms. The summed E-state index contributed by atoms with van der Waals surface area (Å²) < 4.78 is 38.9. The third-order valence-corrected chi connectivity index (χ3v) is 5.80. The van der Waals surface area contributed by atoms with Crippen LogP contribution in [0.2, 0.25) is 0 Å². The van der Waals surface area contributed by atoms with Gasteiger partial charge in [0.1, 0.15) is 0 Å². The number of alkyl halides is 3. The first-order valence-corrected chi connectivity index (χ1v) is 11.2. The highest BCUT2D eigenvalue weighted by Crippen LogP contribution is 2.32. The summed E-state index contributed by atoms with van der Waals surface area (Å²) in [6.45, 7) is 12.3. The Morgan fingerprint density at radius 1 is 0.969 bits per heavy atom. The van der Waals surface area contributed by atoms with Gasteiger partial charge in [-0.25, -0.2) is 0 Å². The van der Waals surface area contributed by atoms with Crippen LogP contribution in [-0.2, 0) is 12.7 Å². The highest BCUT2D eigenvalue weighted by Gasteiger charge is 2.30. The molecule has 0 aliphatic rings. The fraction of sp³-hybridized carbons (Fsp3) is 0.423. The number of anilines is 1. The van der Waals surface area contributed by atoms with Gasteiger partial charge >= 0.3 is 6.18 Å². The Labute approximate surface area is 188 Å². The molecule has 0 spiro atoms. The van der Waals surface area contributed by atoms with Gasteiger partial charge in [0.15, 0.2) is 0 Å². The summed E-state index contributed by atoms with van der Waals surface area (Å²) in [5.41, 5.74) is 5.86. The van der Waals surface area contributed by atoms with Crippen LogP contribution in [0, 0.1) is 20.8 Å². The minimum Gasteiger partial charge on any atom is -0.384 e. The van der Waals surface area contributed by atoms with E-state index in [0.717, 1.165) is 56.8 Å². The van der Waals surface area contributed by atoms with Gasteiger partial charge in [-0.15, -0.1) is 0 Å². The molecule has 0 bridgehead atoms. The third-order valence-electron chi connectivity index (χ3n) is 5.80. The minimum absolute atomic E-state index is 0.350. The highest BCUT2D eigenvalue weighted by molar-refractivity contribution is 5.91. The van der Waals surface area contributed by atoms with E-state index in [1.165, 1.54) is 28.3 Å². The Morgan fingerprint density at radius 3 is 2.34 bits per heavy atom. The molecule has 6 heteroatoms. The molecular formula is C26H32F3N3. The van der Waals surface area contributed by atoms with Gasteiger partial charge in [-0.1, -0.05) is 30.7 Å². The molecule has 0 fully saturated rings. The zero-order chi connectivity index (χ0) is 23.3. The molecule has 1 heterocycles. The van der Waals surface area contributed by atoms with E-state index in [0.29, 0.717) is 10.9 Å². The number of aryl methyl sites for hydroxylation is 3. The van der Waals surface area contributed by atoms with Crippen LogP contribution in [0.5, 0.6) is 0 Å². The van der Waals surface area contributed by atoms with Gasteiger partial charge in [0, 0.05) is 36.9 Å². The predicted molar refractivity (Wildman–Crippen MR) is 126 cm³/mol. The summed E-state index contributed by atoms with van der Waals surface area (Å²) in [6.07, 6.45) is -0.782. The topological polar surface area (TPSA) is 28.2 Å². The normalized spacial score (nSPS) is 12.0. The van der Waals surface area contributed by atoms with Crippen LogP contribution in [0.4, 0.5) is 18.9 Å². The van der Waals surface area contributed by atoms with Gasteiger partial charge < -0.3 is 5.32 Å². The van der Waals surface area contributed by atoms with Gasteiger partial charge in [0.05, 0.1) is 11.1 Å². The first-order chi connectivity index (χ1) is 15.2. The maximum atomic E-state index is 13.0. The van der Waals surface area contributed by atoms with Crippen LogP contribution in [0.3, 0.4) is 0 Å². The lowest BCUT2D eigenvalue weighted by Crippen LogP contribution is -2.27. The van der Waals surface area contributed by atoms with Gasteiger partial charge in [0.2, 0.25) is 0 Å². The molecule has 0 saturated heterocycles. The van der Waals surface area contributed by atoms with Gasteiger partial charge in [-0.05, 0) is 75.0 Å². The molecule has 0 saturated carbocycles. The summed E-state index contributed by atoms with van der Waals surface area (Å²) in [5.74, 6) is 0. The number of rotatable bonds is 9. The molecular weight excluding hydrogens is 411 g/mol. The maximum Gasteiger partial charge on any atom is 0.416 e. The number of halogens is 3. The van der Waals surface area contributed by atoms with E-state index in [4.69, 9.17) is 0 Å². The molecule has 0 aliphatic carbocycles. The number of fused-ring (bicyclic) bond motifs is 1. The molecule has 0 aliphatic heterocycles. The van der Waals surface area contributed by atoms with Gasteiger partial charge in [-0.2, -0.15) is 13.2 Å². The summed E-state index contributed by atoms with van der Waals surface area (Å²) in [6, 6.07) is 10.0. The quantitative estimate of drug-likeness (QED) is 0.365. The summed E-state index contributed by atoms with van der Waals surface area (Å²) in [5, 5.41) is 4.09. The predicted octanol–water partition coefficient (Wildman–Crippen LogP) is 6.89. The van der Waals surface area contributed by atoms with Crippen molar-refractivity contribution in [2.24, 2.45) is 0 Å². The molecule has 1 aromatic heterocycles. The van der Waals surface area contributed by atoms with E-state index < -0.39 is 11.7 Å². The Bertz CT molecular complexity index is 1040. The first kappa shape index (κ1) is 24.1. The smallest absolute Gasteiger partial charge is 0.384 e. The number of nitrogens with one attached hydrogen (secondary N) is 1. The second-order valence-corrected chi connectivity index (χ2v) is 8.52. The van der Waals surface area contributed by atoms with Crippen molar-refractivity contribution in [3.8, 4) is 0 Å². The third kappa shape index (κ3) is 6.00. The molecule has 0 atom stereocenters. The van der Waals surface area contributed by atoms with Crippen LogP contribution < -0.4 is 5.32 Å². The van der Waals surface area contributed by atoms with Crippen molar-refractivity contribution in [3.63, 3.8) is 0 Å². The van der Waals surface area contributed by atoms with Crippen LogP contribution in [0.1, 0.15) is 47.6 Å². The molecule has 0 amide bonds. The molecule has 3 rings (SSSR count). The van der Waals surface area contributed by atoms with E-state index in [1.807, 2.05) is 6.07 Å². The van der Waals surface area contributed by atoms with Crippen LogP contribution in [0.25, 0.3) is 10.9 Å². The standard InChI is InChI=1S/C26H32F3N3/c1-5-12-32(17-23-19(3)14-18(2)15-20(23)4)13-6-10-30-24-9-11-31-25-16-21(26(27,28)29)7-8-22(24)25/h7-9,11,14-16H,5-6,10,12-13,17H2,1-4H3,(H,30,31). The van der Waals surface area contributed by atoms with Crippen LogP contribution in [-0.4, -0.2) is 29.5 Å². The van der Waals surface area contributed by atoms with E-state index >= 15 is 0 Å². The van der Waals surface area contributed by atoms with E-state index in [-0.39, 0.29) is 0 Å². The van der Waals surface area contributed by atoms with Crippen molar-refractivity contribution in [3.05, 3.63) is 70.4 Å². The molecule has 0 radical (unpaired) electrons. The lowest BCUT2D eigenvalue weighted by Gasteiger charge is -2.24. The Hall–Kier alpha value is -2.60. The molecule has 2 aromatic carbocycles. The van der Waals surface area contributed by atoms with Crippen molar-refractivity contribution in [2.75, 3.05) is 25.0 Å². The molecule has 1 N–H and O–H groups in total. The molecule has 172 valence electrons. The number of aromatic nitrogens is 1. The Morgan fingerprint density at radius 2 is 1.69 bits per heavy atom. The summed E-state index contributed by atoms with van der Waals surface area (Å²) in [4.78, 5) is 6.60. The fourth-order valence-electron chi connectivity index (χ4n) is 4.27. The molecule has 3 nitrogen and oxygen atoms in total. The van der Waals surface area contributed by atoms with E-state index in [1.54, 1.807) is 6.20 Å². The SMILES string of the molecule is CCCN(CCCNc1ccnc2cc(C(F)(F)F)ccc12)Cc1c(C)cc(C)cc1C. The second kappa shape index (κ2) is 10.3. The Balaban J connectivity index is 1.62. The van der Waals surface area contributed by atoms with E-state index in [2.05, 4.69) is 55.0 Å². The number of hydrogen-bond donors (Lipinski definition) is 1. The monoisotopic (exact) mass is 443 g/mol. The fourth-order valence-corrected chi connectivity index (χ4v) is 4.27. The van der Waals surface area contributed by atoms with Gasteiger partial charge in [0.25, 0.3) is 0 Å². The van der Waals surface area contributed by atoms with Crippen molar-refractivity contribution in [1.29, 1.82) is 0 Å². The van der Waals surface area contributed by atoms with Crippen LogP contribution >= 0.6 is 0 Å². The first-order valence-electron chi connectivity index (χ1n) is 11.2. The lowest BCUT2D eigenvalue weighted by molar-refractivity contribution is -0.137. The average Bonchev–Trinajstić information content (AvgIpc) is 2.72. The number of nitrogens with zero attached hydrogens (tertiary/aromatic N) is 2. The highest BCUT2D eigenvalue weighted by atomic mass is 19.4.